The van der Waals surface area contributed by atoms with Gasteiger partial charge < -0.3 is 24.8 Å². The van der Waals surface area contributed by atoms with Gasteiger partial charge in [-0.1, -0.05) is 32.0 Å². The van der Waals surface area contributed by atoms with E-state index in [0.717, 1.165) is 11.3 Å². The van der Waals surface area contributed by atoms with E-state index in [1.54, 1.807) is 32.0 Å². The van der Waals surface area contributed by atoms with Crippen molar-refractivity contribution in [3.05, 3.63) is 70.9 Å². The molecule has 1 amide bonds. The summed E-state index contributed by atoms with van der Waals surface area (Å²) in [6.07, 6.45) is 1.54. The van der Waals surface area contributed by atoms with Crippen LogP contribution in [0.1, 0.15) is 44.9 Å². The molecule has 2 aromatic carbocycles. The van der Waals surface area contributed by atoms with E-state index in [9.17, 15) is 9.59 Å². The third-order valence-corrected chi connectivity index (χ3v) is 5.44. The van der Waals surface area contributed by atoms with E-state index in [0.29, 0.717) is 40.2 Å². The van der Waals surface area contributed by atoms with Gasteiger partial charge in [-0.25, -0.2) is 10.2 Å². The van der Waals surface area contributed by atoms with Crippen LogP contribution < -0.4 is 25.5 Å². The monoisotopic (exact) mass is 524 g/mol. The lowest BCUT2D eigenvalue weighted by molar-refractivity contribution is -0.139. The minimum atomic E-state index is -0.599. The first kappa shape index (κ1) is 27.7. The number of hydrogen-bond donors (Lipinski definition) is 3. The Labute approximate surface area is 222 Å². The number of nitrogens with one attached hydrogen (secondary N) is 3. The van der Waals surface area contributed by atoms with E-state index >= 15 is 0 Å². The number of para-hydroxylation sites is 1. The van der Waals surface area contributed by atoms with Crippen molar-refractivity contribution in [3.63, 3.8) is 0 Å². The van der Waals surface area contributed by atoms with Crippen LogP contribution in [0.5, 0.6) is 11.5 Å². The van der Waals surface area contributed by atoms with Crippen LogP contribution in [0.25, 0.3) is 0 Å². The van der Waals surface area contributed by atoms with Crippen LogP contribution in [-0.4, -0.2) is 43.0 Å². The smallest absolute Gasteiger partial charge is 0.338 e. The van der Waals surface area contributed by atoms with Gasteiger partial charge >= 0.3 is 5.97 Å². The highest BCUT2D eigenvalue weighted by Crippen LogP contribution is 2.33. The molecule has 10 heteroatoms. The summed E-state index contributed by atoms with van der Waals surface area (Å²) in [6.45, 7) is 8.28. The van der Waals surface area contributed by atoms with E-state index in [-0.39, 0.29) is 13.2 Å². The summed E-state index contributed by atoms with van der Waals surface area (Å²) in [5.74, 6) is 0.750. The molecule has 0 saturated heterocycles. The second-order valence-electron chi connectivity index (χ2n) is 8.68. The Morgan fingerprint density at radius 1 is 1.14 bits per heavy atom. The number of amides is 1. The zero-order valence-corrected chi connectivity index (χ0v) is 22.2. The van der Waals surface area contributed by atoms with Gasteiger partial charge in [-0.05, 0) is 67.9 Å². The lowest BCUT2D eigenvalue weighted by atomic mass is 9.95. The molecule has 3 rings (SSSR count). The Hall–Kier alpha value is -3.92. The summed E-state index contributed by atoms with van der Waals surface area (Å²) in [4.78, 5) is 25.0. The highest BCUT2D eigenvalue weighted by molar-refractivity contribution is 7.80. The fourth-order valence-electron chi connectivity index (χ4n) is 3.52. The molecule has 0 radical (unpaired) electrons. The topological polar surface area (TPSA) is 110 Å². The average molecular weight is 525 g/mol. The second kappa shape index (κ2) is 13.4. The molecule has 0 unspecified atom stereocenters. The fourth-order valence-corrected chi connectivity index (χ4v) is 3.80. The molecule has 196 valence electrons. The maximum Gasteiger partial charge on any atom is 0.338 e. The number of hydrazone groups is 1. The molecular weight excluding hydrogens is 492 g/mol. The highest BCUT2D eigenvalue weighted by atomic mass is 32.1. The fraction of sp³-hybridized carbons (Fsp3) is 0.333. The van der Waals surface area contributed by atoms with Crippen LogP contribution in [0.15, 0.2) is 64.9 Å². The second-order valence-corrected chi connectivity index (χ2v) is 9.09. The minimum Gasteiger partial charge on any atom is -0.493 e. The molecular formula is C27H32N4O5S. The first-order chi connectivity index (χ1) is 17.8. The van der Waals surface area contributed by atoms with Crippen LogP contribution in [0.3, 0.4) is 0 Å². The van der Waals surface area contributed by atoms with Gasteiger partial charge in [0.15, 0.2) is 11.7 Å². The largest absolute Gasteiger partial charge is 0.493 e. The number of benzene rings is 2. The molecule has 1 aliphatic heterocycles. The van der Waals surface area contributed by atoms with Gasteiger partial charge in [-0.3, -0.25) is 4.79 Å². The highest BCUT2D eigenvalue weighted by Gasteiger charge is 2.32. The summed E-state index contributed by atoms with van der Waals surface area (Å²) in [5, 5.41) is 10.4. The predicted octanol–water partition coefficient (Wildman–Crippen LogP) is 3.61. The van der Waals surface area contributed by atoms with Crippen molar-refractivity contribution in [1.82, 2.24) is 16.1 Å². The lowest BCUT2D eigenvalue weighted by Gasteiger charge is -2.30. The van der Waals surface area contributed by atoms with Gasteiger partial charge in [0.05, 0.1) is 31.0 Å². The quantitative estimate of drug-likeness (QED) is 0.177. The number of nitrogens with zero attached hydrogens (tertiary/aromatic N) is 1. The Balaban J connectivity index is 1.62. The summed E-state index contributed by atoms with van der Waals surface area (Å²) in [5.41, 5.74) is 4.89. The van der Waals surface area contributed by atoms with Crippen LogP contribution in [-0.2, 0) is 14.3 Å². The third-order valence-electron chi connectivity index (χ3n) is 5.22. The van der Waals surface area contributed by atoms with E-state index in [1.807, 2.05) is 30.3 Å². The van der Waals surface area contributed by atoms with Crippen molar-refractivity contribution in [2.45, 2.75) is 33.7 Å². The number of rotatable bonds is 11. The van der Waals surface area contributed by atoms with Crippen molar-refractivity contribution in [1.29, 1.82) is 0 Å². The van der Waals surface area contributed by atoms with E-state index in [2.05, 4.69) is 35.0 Å². The molecule has 37 heavy (non-hydrogen) atoms. The Bertz CT molecular complexity index is 1180. The molecule has 3 N–H and O–H groups in total. The van der Waals surface area contributed by atoms with Crippen LogP contribution >= 0.6 is 12.2 Å². The lowest BCUT2D eigenvalue weighted by Crippen LogP contribution is -2.45. The molecule has 0 aliphatic carbocycles. The molecule has 9 nitrogen and oxygen atoms in total. The Morgan fingerprint density at radius 2 is 1.86 bits per heavy atom. The van der Waals surface area contributed by atoms with Crippen molar-refractivity contribution < 1.29 is 23.8 Å². The van der Waals surface area contributed by atoms with Gasteiger partial charge in [0.25, 0.3) is 5.91 Å². The van der Waals surface area contributed by atoms with Crippen molar-refractivity contribution >= 4 is 35.4 Å². The number of ether oxygens (including phenoxy) is 3. The van der Waals surface area contributed by atoms with Crippen molar-refractivity contribution in [3.8, 4) is 11.5 Å². The molecule has 0 bridgehead atoms. The van der Waals surface area contributed by atoms with E-state index in [4.69, 9.17) is 26.4 Å². The maximum atomic E-state index is 12.7. The number of thiocarbonyl (C=S) groups is 1. The van der Waals surface area contributed by atoms with Gasteiger partial charge in [-0.15, -0.1) is 0 Å². The summed E-state index contributed by atoms with van der Waals surface area (Å²) < 4.78 is 16.7. The zero-order chi connectivity index (χ0) is 26.8. The molecule has 0 fully saturated rings. The molecule has 0 spiro atoms. The number of hydrogen-bond acceptors (Lipinski definition) is 7. The molecule has 1 heterocycles. The summed E-state index contributed by atoms with van der Waals surface area (Å²) >= 11 is 5.30. The zero-order valence-electron chi connectivity index (χ0n) is 21.4. The van der Waals surface area contributed by atoms with Gasteiger partial charge in [0.1, 0.15) is 11.5 Å². The van der Waals surface area contributed by atoms with Gasteiger partial charge in [-0.2, -0.15) is 5.10 Å². The van der Waals surface area contributed by atoms with Gasteiger partial charge in [0, 0.05) is 11.3 Å². The van der Waals surface area contributed by atoms with Crippen LogP contribution in [0.4, 0.5) is 0 Å². The number of carbonyl (C=O) groups excluding carboxylic acids is 2. The third kappa shape index (κ3) is 8.04. The first-order valence-electron chi connectivity index (χ1n) is 12.0. The molecule has 0 saturated carbocycles. The maximum absolute atomic E-state index is 12.7. The summed E-state index contributed by atoms with van der Waals surface area (Å²) in [7, 11) is 0. The summed E-state index contributed by atoms with van der Waals surface area (Å²) in [6, 6.07) is 13.9. The first-order valence-corrected chi connectivity index (χ1v) is 12.4. The number of carbonyl (C=O) groups is 2. The molecule has 0 aromatic heterocycles. The SMILES string of the molecule is CCOC(=O)C1=C(C)NC(=S)N[C@H]1c1ccccc1OCC(=O)NN=Cc1ccc(OCC(C)C)cc1. The Morgan fingerprint density at radius 3 is 2.57 bits per heavy atom. The van der Waals surface area contributed by atoms with E-state index < -0.39 is 17.9 Å². The van der Waals surface area contributed by atoms with Gasteiger partial charge in [0.2, 0.25) is 0 Å². The Kier molecular flexibility index (Phi) is 10.0. The normalized spacial score (nSPS) is 15.3. The van der Waals surface area contributed by atoms with E-state index in [1.165, 1.54) is 6.21 Å². The molecule has 1 atom stereocenters. The number of allylic oxidation sites excluding steroid dienone is 1. The van der Waals surface area contributed by atoms with Crippen molar-refractivity contribution in [2.24, 2.45) is 11.0 Å². The van der Waals surface area contributed by atoms with Crippen molar-refractivity contribution in [2.75, 3.05) is 19.8 Å². The molecule has 2 aromatic rings. The average Bonchev–Trinajstić information content (AvgIpc) is 2.86. The number of esters is 1. The predicted molar refractivity (Wildman–Crippen MR) is 145 cm³/mol. The molecule has 1 aliphatic rings. The van der Waals surface area contributed by atoms with Crippen LogP contribution in [0, 0.1) is 5.92 Å². The van der Waals surface area contributed by atoms with Crippen LogP contribution in [0.2, 0.25) is 0 Å². The standard InChI is InChI=1S/C27H32N4O5S/c1-5-34-26(33)24-18(4)29-27(37)30-25(24)21-8-6-7-9-22(21)36-16-23(32)31-28-14-19-10-12-20(13-11-19)35-15-17(2)3/h6-14,17,25H,5,15-16H2,1-4H3,(H,31,32)(H2,29,30,37)/t25-/m0/s1. The minimum absolute atomic E-state index is 0.238.